The zero-order valence-corrected chi connectivity index (χ0v) is 15.4. The lowest BCUT2D eigenvalue weighted by Gasteiger charge is -2.32. The number of hydrogen-bond donors (Lipinski definition) is 2. The number of nitrogens with one attached hydrogen (secondary N) is 1. The number of nitrogens with zero attached hydrogens (tertiary/aromatic N) is 3. The van der Waals surface area contributed by atoms with Crippen molar-refractivity contribution >= 4 is 11.7 Å². The van der Waals surface area contributed by atoms with Gasteiger partial charge in [0.15, 0.2) is 0 Å². The molecular weight excluding hydrogens is 338 g/mol. The van der Waals surface area contributed by atoms with Gasteiger partial charge in [0.1, 0.15) is 5.82 Å². The lowest BCUT2D eigenvalue weighted by Crippen LogP contribution is -2.39. The lowest BCUT2D eigenvalue weighted by molar-refractivity contribution is 0.0705. The van der Waals surface area contributed by atoms with E-state index in [1.165, 1.54) is 5.56 Å². The molecule has 0 unspecified atom stereocenters. The van der Waals surface area contributed by atoms with Gasteiger partial charge in [-0.25, -0.2) is 4.98 Å². The van der Waals surface area contributed by atoms with Crippen molar-refractivity contribution in [3.63, 3.8) is 0 Å². The zero-order chi connectivity index (χ0) is 18.8. The molecule has 6 nitrogen and oxygen atoms in total. The zero-order valence-electron chi connectivity index (χ0n) is 15.4. The second-order valence-corrected chi connectivity index (χ2v) is 7.13. The Kier molecular flexibility index (Phi) is 4.62. The molecule has 3 heterocycles. The summed E-state index contributed by atoms with van der Waals surface area (Å²) in [7, 11) is 0. The third kappa shape index (κ3) is 3.56. The largest absolute Gasteiger partial charge is 0.384 e. The van der Waals surface area contributed by atoms with Crippen molar-refractivity contribution in [3.8, 4) is 11.1 Å². The molecule has 138 valence electrons. The number of piperidine rings is 1. The molecule has 27 heavy (non-hydrogen) atoms. The average Bonchev–Trinajstić information content (AvgIpc) is 3.18. The summed E-state index contributed by atoms with van der Waals surface area (Å²) >= 11 is 0. The summed E-state index contributed by atoms with van der Waals surface area (Å²) in [6.07, 6.45) is 5.43. The van der Waals surface area contributed by atoms with Crippen molar-refractivity contribution in [2.24, 2.45) is 0 Å². The highest BCUT2D eigenvalue weighted by atomic mass is 16.2. The van der Waals surface area contributed by atoms with Gasteiger partial charge in [-0.05, 0) is 37.5 Å². The number of hydrogen-bond acceptors (Lipinski definition) is 4. The summed E-state index contributed by atoms with van der Waals surface area (Å²) in [4.78, 5) is 18.8. The molecule has 1 fully saturated rings. The van der Waals surface area contributed by atoms with Crippen molar-refractivity contribution in [1.82, 2.24) is 20.1 Å². The van der Waals surface area contributed by atoms with E-state index in [4.69, 9.17) is 5.73 Å². The average molecular weight is 361 g/mol. The summed E-state index contributed by atoms with van der Waals surface area (Å²) in [6.45, 7) is 3.51. The van der Waals surface area contributed by atoms with E-state index in [2.05, 4.69) is 46.4 Å². The lowest BCUT2D eigenvalue weighted by atomic mass is 9.90. The molecule has 1 amide bonds. The summed E-state index contributed by atoms with van der Waals surface area (Å²) in [5.41, 5.74) is 10.8. The number of likely N-dealkylation sites (tertiary alicyclic amines) is 1. The third-order valence-electron chi connectivity index (χ3n) is 5.18. The molecular formula is C21H23N5O. The van der Waals surface area contributed by atoms with E-state index >= 15 is 0 Å². The predicted molar refractivity (Wildman–Crippen MR) is 105 cm³/mol. The van der Waals surface area contributed by atoms with E-state index in [1.807, 2.05) is 11.1 Å². The number of carbonyl (C=O) groups excluding carboxylic acids is 1. The summed E-state index contributed by atoms with van der Waals surface area (Å²) in [5.74, 6) is 0.662. The van der Waals surface area contributed by atoms with Gasteiger partial charge in [-0.3, -0.25) is 9.89 Å². The first-order valence-corrected chi connectivity index (χ1v) is 9.23. The Morgan fingerprint density at radius 1 is 1.19 bits per heavy atom. The molecule has 2 aromatic heterocycles. The van der Waals surface area contributed by atoms with Crippen LogP contribution in [0.1, 0.15) is 40.4 Å². The number of benzene rings is 1. The topological polar surface area (TPSA) is 87.9 Å². The Morgan fingerprint density at radius 2 is 2.00 bits per heavy atom. The monoisotopic (exact) mass is 361 g/mol. The van der Waals surface area contributed by atoms with Crippen LogP contribution in [0, 0.1) is 6.92 Å². The number of aromatic amines is 1. The standard InChI is InChI=1S/C21H23N5O/c1-14-4-6-15(7-5-14)18-12-24-25-20(18)17-3-2-10-26(13-17)21(27)16-8-9-19(22)23-11-16/h4-9,11-12,17H,2-3,10,13H2,1H3,(H2,22,23)(H,24,25)/t17-/m1/s1. The Bertz CT molecular complexity index is 930. The number of amides is 1. The number of aromatic nitrogens is 3. The number of pyridine rings is 1. The first kappa shape index (κ1) is 17.3. The number of nitrogen functional groups attached to an aromatic ring is 1. The molecule has 0 spiro atoms. The molecule has 3 aromatic rings. The van der Waals surface area contributed by atoms with Gasteiger partial charge in [0.2, 0.25) is 0 Å². The van der Waals surface area contributed by atoms with Crippen LogP contribution in [-0.4, -0.2) is 39.1 Å². The molecule has 1 atom stereocenters. The minimum atomic E-state index is 0.00333. The second kappa shape index (κ2) is 7.23. The minimum Gasteiger partial charge on any atom is -0.384 e. The Hall–Kier alpha value is -3.15. The predicted octanol–water partition coefficient (Wildman–Crippen LogP) is 3.38. The highest BCUT2D eigenvalue weighted by molar-refractivity contribution is 5.94. The van der Waals surface area contributed by atoms with E-state index in [1.54, 1.807) is 18.3 Å². The van der Waals surface area contributed by atoms with Crippen LogP contribution >= 0.6 is 0 Å². The van der Waals surface area contributed by atoms with Crippen LogP contribution in [0.5, 0.6) is 0 Å². The van der Waals surface area contributed by atoms with Crippen LogP contribution in [0.25, 0.3) is 11.1 Å². The van der Waals surface area contributed by atoms with E-state index in [0.29, 0.717) is 17.9 Å². The Balaban J connectivity index is 1.55. The summed E-state index contributed by atoms with van der Waals surface area (Å²) in [5, 5.41) is 7.46. The van der Waals surface area contributed by atoms with Gasteiger partial charge in [0, 0.05) is 36.5 Å². The molecule has 0 bridgehead atoms. The third-order valence-corrected chi connectivity index (χ3v) is 5.18. The van der Waals surface area contributed by atoms with E-state index in [0.717, 1.165) is 36.2 Å². The van der Waals surface area contributed by atoms with Crippen molar-refractivity contribution in [1.29, 1.82) is 0 Å². The SMILES string of the molecule is Cc1ccc(-c2cn[nH]c2[C@@H]2CCCN(C(=O)c3ccc(N)nc3)C2)cc1. The smallest absolute Gasteiger partial charge is 0.255 e. The summed E-state index contributed by atoms with van der Waals surface area (Å²) in [6, 6.07) is 11.9. The Morgan fingerprint density at radius 3 is 2.74 bits per heavy atom. The van der Waals surface area contributed by atoms with Crippen molar-refractivity contribution < 1.29 is 4.79 Å². The van der Waals surface area contributed by atoms with Crippen LogP contribution in [0.2, 0.25) is 0 Å². The molecule has 0 radical (unpaired) electrons. The first-order chi connectivity index (χ1) is 13.1. The molecule has 0 aliphatic carbocycles. The van der Waals surface area contributed by atoms with Crippen LogP contribution < -0.4 is 5.73 Å². The van der Waals surface area contributed by atoms with Crippen LogP contribution in [-0.2, 0) is 0 Å². The molecule has 1 saturated heterocycles. The highest BCUT2D eigenvalue weighted by Gasteiger charge is 2.28. The van der Waals surface area contributed by atoms with Crippen molar-refractivity contribution in [3.05, 3.63) is 65.6 Å². The molecule has 1 aromatic carbocycles. The van der Waals surface area contributed by atoms with Crippen LogP contribution in [0.3, 0.4) is 0 Å². The maximum atomic E-state index is 12.8. The van der Waals surface area contributed by atoms with E-state index in [-0.39, 0.29) is 11.8 Å². The second-order valence-electron chi connectivity index (χ2n) is 7.13. The fourth-order valence-electron chi connectivity index (χ4n) is 3.68. The van der Waals surface area contributed by atoms with Gasteiger partial charge < -0.3 is 10.6 Å². The number of H-pyrrole nitrogens is 1. The molecule has 3 N–H and O–H groups in total. The van der Waals surface area contributed by atoms with E-state index < -0.39 is 0 Å². The number of nitrogens with two attached hydrogens (primary N) is 1. The normalized spacial score (nSPS) is 17.1. The first-order valence-electron chi connectivity index (χ1n) is 9.23. The maximum absolute atomic E-state index is 12.8. The molecule has 1 aliphatic rings. The van der Waals surface area contributed by atoms with E-state index in [9.17, 15) is 4.79 Å². The fourth-order valence-corrected chi connectivity index (χ4v) is 3.68. The number of rotatable bonds is 3. The fraction of sp³-hybridized carbons (Fsp3) is 0.286. The molecule has 0 saturated carbocycles. The van der Waals surface area contributed by atoms with Crippen LogP contribution in [0.4, 0.5) is 5.82 Å². The quantitative estimate of drug-likeness (QED) is 0.748. The van der Waals surface area contributed by atoms with Gasteiger partial charge in [-0.15, -0.1) is 0 Å². The molecule has 1 aliphatic heterocycles. The highest BCUT2D eigenvalue weighted by Crippen LogP contribution is 2.33. The van der Waals surface area contributed by atoms with Gasteiger partial charge in [-0.2, -0.15) is 5.10 Å². The van der Waals surface area contributed by atoms with Gasteiger partial charge in [0.05, 0.1) is 11.8 Å². The minimum absolute atomic E-state index is 0.00333. The number of anilines is 1. The summed E-state index contributed by atoms with van der Waals surface area (Å²) < 4.78 is 0. The van der Waals surface area contributed by atoms with Crippen molar-refractivity contribution in [2.75, 3.05) is 18.8 Å². The van der Waals surface area contributed by atoms with Crippen molar-refractivity contribution in [2.45, 2.75) is 25.7 Å². The Labute approximate surface area is 158 Å². The molecule has 4 rings (SSSR count). The maximum Gasteiger partial charge on any atom is 0.255 e. The van der Waals surface area contributed by atoms with Crippen LogP contribution in [0.15, 0.2) is 48.8 Å². The van der Waals surface area contributed by atoms with Gasteiger partial charge >= 0.3 is 0 Å². The number of aryl methyl sites for hydroxylation is 1. The van der Waals surface area contributed by atoms with Gasteiger partial charge in [0.25, 0.3) is 5.91 Å². The molecule has 6 heteroatoms. The van der Waals surface area contributed by atoms with Gasteiger partial charge in [-0.1, -0.05) is 29.8 Å². The number of carbonyl (C=O) groups is 1.